The van der Waals surface area contributed by atoms with Gasteiger partial charge in [-0.15, -0.1) is 0 Å². The fourth-order valence-corrected chi connectivity index (χ4v) is 10.8. The van der Waals surface area contributed by atoms with Gasteiger partial charge in [0.15, 0.2) is 11.7 Å². The summed E-state index contributed by atoms with van der Waals surface area (Å²) in [5, 5.41) is 34.8. The topological polar surface area (TPSA) is 194 Å². The number of aliphatic hydroxyl groups is 3. The maximum Gasteiger partial charge on any atom is 0.330 e. The number of esters is 1. The number of aromatic nitrogens is 2. The van der Waals surface area contributed by atoms with E-state index in [1.54, 1.807) is 32.6 Å². The van der Waals surface area contributed by atoms with Crippen LogP contribution >= 0.6 is 15.9 Å². The number of carbonyl (C=O) groups is 1. The molecule has 8 bridgehead atoms. The summed E-state index contributed by atoms with van der Waals surface area (Å²) in [7, 11) is 3.26. The van der Waals surface area contributed by atoms with Crippen LogP contribution in [-0.4, -0.2) is 124 Å². The van der Waals surface area contributed by atoms with Gasteiger partial charge in [0.25, 0.3) is 0 Å². The van der Waals surface area contributed by atoms with Gasteiger partial charge in [-0.05, 0) is 76.5 Å². The van der Waals surface area contributed by atoms with Gasteiger partial charge in [-0.25, -0.2) is 14.8 Å². The van der Waals surface area contributed by atoms with Crippen molar-refractivity contribution in [1.82, 2.24) is 9.97 Å². The van der Waals surface area contributed by atoms with E-state index in [9.17, 15) is 20.1 Å². The molecule has 0 radical (unpaired) electrons. The summed E-state index contributed by atoms with van der Waals surface area (Å²) < 4.78 is 55.3. The SMILES string of the molecule is C=C1CC2C/C=C\C(=O)O[C@H]3[C@@H](C)C(C/C=C/c4nc(co4)C4C[C@H](O)CC(CC(C1)O2)O4)OC(/C(C)=C/c1coc(C[C@]2(O)C[C@H](OC)CC([C@H](O)/C=C(C)/C=C/[C@@H](CCCBr)OC)O2)n1)[C@@H]3C. The molecule has 5 aliphatic heterocycles. The van der Waals surface area contributed by atoms with E-state index in [0.717, 1.165) is 34.9 Å². The van der Waals surface area contributed by atoms with E-state index in [1.807, 2.05) is 58.1 Å². The first-order chi connectivity index (χ1) is 33.1. The van der Waals surface area contributed by atoms with Crippen molar-refractivity contribution < 1.29 is 62.1 Å². The van der Waals surface area contributed by atoms with Crippen LogP contribution < -0.4 is 0 Å². The minimum atomic E-state index is -1.72. The van der Waals surface area contributed by atoms with E-state index >= 15 is 0 Å². The number of fused-ring (bicyclic) bond motifs is 9. The molecular weight excluding hydrogens is 952 g/mol. The molecule has 0 amide bonds. The molecule has 7 heterocycles. The van der Waals surface area contributed by atoms with Gasteiger partial charge >= 0.3 is 5.97 Å². The molecule has 380 valence electrons. The Kier molecular flexibility index (Phi) is 19.1. The van der Waals surface area contributed by atoms with Crippen molar-refractivity contribution in [2.75, 3.05) is 19.5 Å². The number of hydrogen-bond donors (Lipinski definition) is 3. The second-order valence-corrected chi connectivity index (χ2v) is 20.5. The van der Waals surface area contributed by atoms with Crippen LogP contribution in [-0.2, 0) is 44.4 Å². The Morgan fingerprint density at radius 3 is 2.57 bits per heavy atom. The number of halogens is 1. The van der Waals surface area contributed by atoms with Crippen molar-refractivity contribution >= 4 is 34.1 Å². The van der Waals surface area contributed by atoms with Crippen molar-refractivity contribution in [2.24, 2.45) is 11.8 Å². The lowest BCUT2D eigenvalue weighted by Gasteiger charge is -2.44. The summed E-state index contributed by atoms with van der Waals surface area (Å²) in [5.74, 6) is -1.92. The normalized spacial score (nSPS) is 36.0. The molecule has 69 heavy (non-hydrogen) atoms. The van der Waals surface area contributed by atoms with E-state index in [4.69, 9.17) is 52.0 Å². The summed E-state index contributed by atoms with van der Waals surface area (Å²) >= 11 is 3.46. The van der Waals surface area contributed by atoms with E-state index < -0.39 is 48.4 Å². The molecule has 7 rings (SSSR count). The number of oxazole rings is 2. The fourth-order valence-electron chi connectivity index (χ4n) is 10.5. The molecule has 5 aliphatic rings. The summed E-state index contributed by atoms with van der Waals surface area (Å²) in [6, 6.07) is 0. The van der Waals surface area contributed by atoms with Crippen LogP contribution in [0.25, 0.3) is 12.2 Å². The highest BCUT2D eigenvalue weighted by Crippen LogP contribution is 2.40. The molecule has 0 spiro atoms. The number of rotatable bonds is 13. The Bertz CT molecular complexity index is 2160. The monoisotopic (exact) mass is 1020 g/mol. The number of nitrogens with zero attached hydrogens (tertiary/aromatic N) is 2. The third-order valence-electron chi connectivity index (χ3n) is 14.0. The van der Waals surface area contributed by atoms with Crippen molar-refractivity contribution in [3.8, 4) is 0 Å². The zero-order valence-electron chi connectivity index (χ0n) is 41.0. The molecule has 3 N–H and O–H groups in total. The third-order valence-corrected chi connectivity index (χ3v) is 14.6. The summed E-state index contributed by atoms with van der Waals surface area (Å²) in [6.45, 7) is 12.2. The first-order valence-corrected chi connectivity index (χ1v) is 25.7. The van der Waals surface area contributed by atoms with Crippen LogP contribution in [0.4, 0.5) is 0 Å². The van der Waals surface area contributed by atoms with Gasteiger partial charge in [-0.1, -0.05) is 77.9 Å². The average molecular weight is 1030 g/mol. The molecule has 4 fully saturated rings. The number of carbonyl (C=O) groups excluding carboxylic acids is 1. The minimum absolute atomic E-state index is 0.0392. The Morgan fingerprint density at radius 1 is 0.986 bits per heavy atom. The smallest absolute Gasteiger partial charge is 0.330 e. The maximum atomic E-state index is 13.6. The largest absolute Gasteiger partial charge is 0.458 e. The second kappa shape index (κ2) is 24.7. The lowest BCUT2D eigenvalue weighted by Crippen LogP contribution is -2.51. The van der Waals surface area contributed by atoms with Crippen LogP contribution in [0.1, 0.15) is 128 Å². The predicted molar refractivity (Wildman–Crippen MR) is 262 cm³/mol. The van der Waals surface area contributed by atoms with Crippen LogP contribution in [0, 0.1) is 11.8 Å². The first-order valence-electron chi connectivity index (χ1n) is 24.6. The van der Waals surface area contributed by atoms with E-state index in [2.05, 4.69) is 22.5 Å². The number of hydrogen-bond acceptors (Lipinski definition) is 15. The first kappa shape index (κ1) is 53.3. The molecule has 15 atom stereocenters. The average Bonchev–Trinajstić information content (AvgIpc) is 3.96. The summed E-state index contributed by atoms with van der Waals surface area (Å²) in [5.41, 5.74) is 3.90. The highest BCUT2D eigenvalue weighted by molar-refractivity contribution is 9.09. The summed E-state index contributed by atoms with van der Waals surface area (Å²) in [6.07, 6.45) is 19.0. The zero-order valence-corrected chi connectivity index (χ0v) is 42.5. The van der Waals surface area contributed by atoms with Crippen molar-refractivity contribution in [2.45, 2.75) is 184 Å². The van der Waals surface area contributed by atoms with Crippen LogP contribution in [0.15, 0.2) is 81.1 Å². The lowest BCUT2D eigenvalue weighted by atomic mass is 9.79. The van der Waals surface area contributed by atoms with Gasteiger partial charge in [0.2, 0.25) is 5.89 Å². The molecular formula is C53H73BrN2O13. The summed E-state index contributed by atoms with van der Waals surface area (Å²) in [4.78, 5) is 23.0. The zero-order chi connectivity index (χ0) is 49.2. The molecule has 2 aromatic rings. The van der Waals surface area contributed by atoms with E-state index in [0.29, 0.717) is 68.6 Å². The quantitative estimate of drug-likeness (QED) is 0.0746. The lowest BCUT2D eigenvalue weighted by molar-refractivity contribution is -0.286. The number of alkyl halides is 1. The fraction of sp³-hybridized carbons (Fsp3) is 0.642. The Labute approximate surface area is 415 Å². The van der Waals surface area contributed by atoms with Gasteiger partial charge in [-0.2, -0.15) is 0 Å². The van der Waals surface area contributed by atoms with Crippen molar-refractivity contribution in [3.05, 3.63) is 95.4 Å². The van der Waals surface area contributed by atoms with Gasteiger partial charge in [0.05, 0.1) is 67.5 Å². The van der Waals surface area contributed by atoms with Crippen LogP contribution in [0.3, 0.4) is 0 Å². The number of aliphatic hydroxyl groups excluding tert-OH is 2. The Balaban J connectivity index is 1.06. The highest BCUT2D eigenvalue weighted by atomic mass is 79.9. The standard InChI is InChI=1S/C53H73BrN2O13/c1-31(16-17-38(61-6)12-10-18-54)21-44(58)47-26-42(62-7)27-53(60,69-47)28-49-55-36(29-63-49)22-33(3)51-35(5)52-34(4)45(67-51)13-9-14-48-56-43(30-64-48)46-24-37(57)23-41(66-46)25-40-20-32(2)19-39(65-40)11-8-15-50(59)68-52/h8-9,14-17,21-22,29-30,34-35,37-42,44-47,51-52,57-58,60H,2,10-13,18-20,23-28H2,1,3-7H3/b14-9+,15-8-,17-16+,31-21+,33-22+/t34-,35-,37+,38+,39?,40?,41?,42+,44+,45?,46?,47?,51?,52-,53-/m0/s1. The van der Waals surface area contributed by atoms with E-state index in [1.165, 1.54) is 12.3 Å². The molecule has 4 saturated heterocycles. The van der Waals surface area contributed by atoms with Gasteiger partial charge in [0.1, 0.15) is 36.1 Å². The van der Waals surface area contributed by atoms with Crippen LogP contribution in [0.2, 0.25) is 0 Å². The number of allylic oxidation sites excluding steroid dienone is 2. The van der Waals surface area contributed by atoms with Crippen molar-refractivity contribution in [1.29, 1.82) is 0 Å². The van der Waals surface area contributed by atoms with Gasteiger partial charge < -0.3 is 57.3 Å². The highest BCUT2D eigenvalue weighted by Gasteiger charge is 2.45. The molecule has 16 heteroatoms. The van der Waals surface area contributed by atoms with Crippen molar-refractivity contribution in [3.63, 3.8) is 0 Å². The molecule has 0 aromatic carbocycles. The van der Waals surface area contributed by atoms with Gasteiger partial charge in [0, 0.05) is 63.1 Å². The molecule has 7 unspecified atom stereocenters. The Morgan fingerprint density at radius 2 is 1.78 bits per heavy atom. The maximum absolute atomic E-state index is 13.6. The van der Waals surface area contributed by atoms with Gasteiger partial charge in [-0.3, -0.25) is 0 Å². The third kappa shape index (κ3) is 14.8. The Hall–Kier alpha value is -3.55. The molecule has 15 nitrogen and oxygen atoms in total. The molecule has 0 saturated carbocycles. The number of ether oxygens (including phenoxy) is 7. The number of methoxy groups -OCH3 is 2. The van der Waals surface area contributed by atoms with E-state index in [-0.39, 0.29) is 67.2 Å². The molecule has 0 aliphatic carbocycles. The minimum Gasteiger partial charge on any atom is -0.458 e. The predicted octanol–water partition coefficient (Wildman–Crippen LogP) is 8.63. The van der Waals surface area contributed by atoms with Crippen LogP contribution in [0.5, 0.6) is 0 Å². The molecule has 2 aromatic heterocycles. The second-order valence-electron chi connectivity index (χ2n) is 19.7.